The molecule has 1 heterocycles. The summed E-state index contributed by atoms with van der Waals surface area (Å²) in [5.41, 5.74) is 0.330. The Morgan fingerprint density at radius 1 is 1.28 bits per heavy atom. The number of likely N-dealkylation sites (N-methyl/N-ethyl adjacent to an activating group) is 1. The Morgan fingerprint density at radius 3 is 2.33 bits per heavy atom. The SMILES string of the molecule is CCN(CC)CCn1ccc(=O)c(O)c1C.Cl.Cl. The van der Waals surface area contributed by atoms with Gasteiger partial charge in [0.25, 0.3) is 0 Å². The molecule has 0 fully saturated rings. The fourth-order valence-electron chi connectivity index (χ4n) is 1.69. The molecule has 4 nitrogen and oxygen atoms in total. The summed E-state index contributed by atoms with van der Waals surface area (Å²) in [4.78, 5) is 13.5. The van der Waals surface area contributed by atoms with Crippen LogP contribution in [0.2, 0.25) is 0 Å². The van der Waals surface area contributed by atoms with Gasteiger partial charge in [0.2, 0.25) is 5.43 Å². The molecule has 0 aliphatic carbocycles. The summed E-state index contributed by atoms with van der Waals surface area (Å²) in [7, 11) is 0. The summed E-state index contributed by atoms with van der Waals surface area (Å²) in [5, 5.41) is 9.52. The zero-order valence-corrected chi connectivity index (χ0v) is 12.7. The van der Waals surface area contributed by atoms with Gasteiger partial charge in [0, 0.05) is 25.4 Å². The van der Waals surface area contributed by atoms with Crippen LogP contribution in [0.4, 0.5) is 0 Å². The molecular formula is C12H22Cl2N2O2. The molecule has 6 heteroatoms. The molecule has 0 bridgehead atoms. The van der Waals surface area contributed by atoms with E-state index in [1.807, 2.05) is 4.57 Å². The van der Waals surface area contributed by atoms with Gasteiger partial charge in [0.15, 0.2) is 5.75 Å². The highest BCUT2D eigenvalue weighted by Crippen LogP contribution is 2.08. The third kappa shape index (κ3) is 4.88. The van der Waals surface area contributed by atoms with E-state index < -0.39 is 0 Å². The average molecular weight is 297 g/mol. The highest BCUT2D eigenvalue weighted by molar-refractivity contribution is 5.85. The van der Waals surface area contributed by atoms with Gasteiger partial charge in [0.05, 0.1) is 5.69 Å². The van der Waals surface area contributed by atoms with Gasteiger partial charge < -0.3 is 14.6 Å². The van der Waals surface area contributed by atoms with Gasteiger partial charge in [-0.15, -0.1) is 24.8 Å². The number of aromatic hydroxyl groups is 1. The van der Waals surface area contributed by atoms with Crippen LogP contribution in [0.1, 0.15) is 19.5 Å². The van der Waals surface area contributed by atoms with Crippen LogP contribution in [0, 0.1) is 6.92 Å². The third-order valence-electron chi connectivity index (χ3n) is 2.96. The molecule has 0 atom stereocenters. The molecule has 0 aliphatic rings. The smallest absolute Gasteiger partial charge is 0.223 e. The van der Waals surface area contributed by atoms with Crippen LogP contribution in [0.15, 0.2) is 17.1 Å². The second-order valence-corrected chi connectivity index (χ2v) is 3.83. The molecule has 0 aromatic carbocycles. The highest BCUT2D eigenvalue weighted by Gasteiger charge is 2.06. The quantitative estimate of drug-likeness (QED) is 0.904. The lowest BCUT2D eigenvalue weighted by Gasteiger charge is -2.20. The molecule has 0 aliphatic heterocycles. The fraction of sp³-hybridized carbons (Fsp3) is 0.583. The summed E-state index contributed by atoms with van der Waals surface area (Å²) >= 11 is 0. The molecule has 0 saturated heterocycles. The predicted molar refractivity (Wildman–Crippen MR) is 79.4 cm³/mol. The zero-order chi connectivity index (χ0) is 12.1. The maximum Gasteiger partial charge on any atom is 0.223 e. The number of rotatable bonds is 5. The van der Waals surface area contributed by atoms with Crippen LogP contribution < -0.4 is 5.43 Å². The van der Waals surface area contributed by atoms with Crippen molar-refractivity contribution in [1.29, 1.82) is 0 Å². The van der Waals surface area contributed by atoms with E-state index in [0.717, 1.165) is 26.2 Å². The van der Waals surface area contributed by atoms with Gasteiger partial charge in [-0.2, -0.15) is 0 Å². The molecule has 18 heavy (non-hydrogen) atoms. The molecule has 1 N–H and O–H groups in total. The van der Waals surface area contributed by atoms with Gasteiger partial charge in [-0.1, -0.05) is 13.8 Å². The van der Waals surface area contributed by atoms with Crippen molar-refractivity contribution in [2.75, 3.05) is 19.6 Å². The van der Waals surface area contributed by atoms with E-state index in [-0.39, 0.29) is 36.0 Å². The van der Waals surface area contributed by atoms with Crippen LogP contribution >= 0.6 is 24.8 Å². The summed E-state index contributed by atoms with van der Waals surface area (Å²) < 4.78 is 1.91. The van der Waals surface area contributed by atoms with E-state index in [1.54, 1.807) is 13.1 Å². The fourth-order valence-corrected chi connectivity index (χ4v) is 1.69. The van der Waals surface area contributed by atoms with Gasteiger partial charge >= 0.3 is 0 Å². The molecule has 0 amide bonds. The molecule has 1 rings (SSSR count). The summed E-state index contributed by atoms with van der Waals surface area (Å²) in [6, 6.07) is 1.41. The van der Waals surface area contributed by atoms with E-state index in [1.165, 1.54) is 6.07 Å². The predicted octanol–water partition coefficient (Wildman–Crippen LogP) is 2.05. The largest absolute Gasteiger partial charge is 0.503 e. The van der Waals surface area contributed by atoms with Gasteiger partial charge in [-0.05, 0) is 20.0 Å². The minimum absolute atomic E-state index is 0. The molecule has 1 aromatic rings. The first-order chi connectivity index (χ1) is 7.60. The first-order valence-electron chi connectivity index (χ1n) is 5.71. The van der Waals surface area contributed by atoms with Crippen molar-refractivity contribution in [2.24, 2.45) is 0 Å². The third-order valence-corrected chi connectivity index (χ3v) is 2.96. The lowest BCUT2D eigenvalue weighted by Crippen LogP contribution is -2.27. The van der Waals surface area contributed by atoms with Crippen LogP contribution in [0.5, 0.6) is 5.75 Å². The number of hydrogen-bond acceptors (Lipinski definition) is 3. The molecular weight excluding hydrogens is 275 g/mol. The average Bonchev–Trinajstić information content (AvgIpc) is 2.30. The lowest BCUT2D eigenvalue weighted by atomic mass is 10.3. The molecule has 0 saturated carbocycles. The van der Waals surface area contributed by atoms with Crippen molar-refractivity contribution >= 4 is 24.8 Å². The number of halogens is 2. The lowest BCUT2D eigenvalue weighted by molar-refractivity contribution is 0.288. The highest BCUT2D eigenvalue weighted by atomic mass is 35.5. The van der Waals surface area contributed by atoms with E-state index in [0.29, 0.717) is 5.69 Å². The van der Waals surface area contributed by atoms with Crippen molar-refractivity contribution in [1.82, 2.24) is 9.47 Å². The normalized spacial score (nSPS) is 9.78. The maximum atomic E-state index is 11.2. The van der Waals surface area contributed by atoms with Crippen molar-refractivity contribution in [3.63, 3.8) is 0 Å². The van der Waals surface area contributed by atoms with Crippen molar-refractivity contribution in [3.8, 4) is 5.75 Å². The monoisotopic (exact) mass is 296 g/mol. The number of aromatic nitrogens is 1. The Morgan fingerprint density at radius 2 is 1.83 bits per heavy atom. The number of nitrogens with zero attached hydrogens (tertiary/aromatic N) is 2. The minimum Gasteiger partial charge on any atom is -0.503 e. The molecule has 0 unspecified atom stereocenters. The maximum absolute atomic E-state index is 11.2. The Labute approximate surface area is 120 Å². The van der Waals surface area contributed by atoms with E-state index in [4.69, 9.17) is 0 Å². The van der Waals surface area contributed by atoms with Gasteiger partial charge in [0.1, 0.15) is 0 Å². The van der Waals surface area contributed by atoms with Crippen molar-refractivity contribution < 1.29 is 5.11 Å². The van der Waals surface area contributed by atoms with Crippen molar-refractivity contribution in [2.45, 2.75) is 27.3 Å². The topological polar surface area (TPSA) is 45.5 Å². The van der Waals surface area contributed by atoms with Crippen LogP contribution in [0.25, 0.3) is 0 Å². The second-order valence-electron chi connectivity index (χ2n) is 3.83. The molecule has 1 aromatic heterocycles. The zero-order valence-electron chi connectivity index (χ0n) is 11.0. The van der Waals surface area contributed by atoms with Crippen LogP contribution in [-0.4, -0.2) is 34.2 Å². The second kappa shape index (κ2) is 9.25. The Kier molecular flexibility index (Phi) is 10.1. The van der Waals surface area contributed by atoms with E-state index in [9.17, 15) is 9.90 Å². The Hall–Kier alpha value is -0.710. The standard InChI is InChI=1S/C12H20N2O2.2ClH/c1-4-13(5-2)8-9-14-7-6-11(15)12(16)10(14)3;;/h6-7,16H,4-5,8-9H2,1-3H3;2*1H. The van der Waals surface area contributed by atoms with E-state index >= 15 is 0 Å². The first-order valence-corrected chi connectivity index (χ1v) is 5.71. The molecule has 0 radical (unpaired) electrons. The van der Waals surface area contributed by atoms with Gasteiger partial charge in [-0.3, -0.25) is 4.79 Å². The molecule has 106 valence electrons. The summed E-state index contributed by atoms with van der Waals surface area (Å²) in [5.74, 6) is -0.137. The van der Waals surface area contributed by atoms with Crippen LogP contribution in [-0.2, 0) is 6.54 Å². The Bertz CT molecular complexity index is 404. The minimum atomic E-state index is -0.309. The van der Waals surface area contributed by atoms with E-state index in [2.05, 4.69) is 18.7 Å². The number of hydrogen-bond donors (Lipinski definition) is 1. The first kappa shape index (κ1) is 19.6. The van der Waals surface area contributed by atoms with Crippen LogP contribution in [0.3, 0.4) is 0 Å². The Balaban J connectivity index is 0. The number of pyridine rings is 1. The summed E-state index contributed by atoms with van der Waals surface area (Å²) in [6.07, 6.45) is 1.74. The van der Waals surface area contributed by atoms with Crippen molar-refractivity contribution in [3.05, 3.63) is 28.2 Å². The summed E-state index contributed by atoms with van der Waals surface area (Å²) in [6.45, 7) is 9.76. The molecule has 0 spiro atoms. The van der Waals surface area contributed by atoms with Gasteiger partial charge in [-0.25, -0.2) is 0 Å².